The van der Waals surface area contributed by atoms with Crippen LogP contribution in [-0.2, 0) is 27.3 Å². The van der Waals surface area contributed by atoms with Crippen LogP contribution in [0.25, 0.3) is 11.2 Å². The van der Waals surface area contributed by atoms with E-state index in [9.17, 15) is 43.5 Å². The SMILES string of the molecule is CCCCCSc1nc(N)c2ncn([C@@H]3O[C@H](COP(=O)(O)OP(=O)(O)C(Br)(Br)P(=O)(O)O)[C@@H](O)[C@H]3O)c2n1. The second-order valence-electron chi connectivity index (χ2n) is 8.24. The third kappa shape index (κ3) is 7.50. The van der Waals surface area contributed by atoms with Gasteiger partial charge in [0, 0.05) is 5.75 Å². The number of fused-ring (bicyclic) bond motifs is 1. The van der Waals surface area contributed by atoms with Crippen LogP contribution in [0.5, 0.6) is 0 Å². The zero-order valence-electron chi connectivity index (χ0n) is 19.9. The molecule has 3 rings (SSSR count). The molecule has 0 saturated carbocycles. The summed E-state index contributed by atoms with van der Waals surface area (Å²) < 4.78 is 48.6. The maximum absolute atomic E-state index is 12.3. The molecule has 0 amide bonds. The topological polar surface area (TPSA) is 270 Å². The summed E-state index contributed by atoms with van der Waals surface area (Å²) >= 11 is 5.96. The van der Waals surface area contributed by atoms with Gasteiger partial charge in [0.2, 0.25) is 0 Å². The van der Waals surface area contributed by atoms with Gasteiger partial charge in [0.25, 0.3) is 2.72 Å². The van der Waals surface area contributed by atoms with E-state index >= 15 is 0 Å². The number of thioether (sulfide) groups is 1. The number of hydrogen-bond donors (Lipinski definition) is 7. The number of aliphatic hydroxyl groups is 2. The molecule has 2 unspecified atom stereocenters. The van der Waals surface area contributed by atoms with E-state index in [0.717, 1.165) is 25.0 Å². The number of unbranched alkanes of at least 4 members (excludes halogenated alkanes) is 2. The average Bonchev–Trinajstić information content (AvgIpc) is 3.35. The summed E-state index contributed by atoms with van der Waals surface area (Å²) in [7, 11) is -16.5. The Hall–Kier alpha value is -0.0100. The molecule has 0 bridgehead atoms. The molecule has 0 spiro atoms. The fraction of sp³-hybridized carbons (Fsp3) is 0.688. The van der Waals surface area contributed by atoms with Gasteiger partial charge in [-0.1, -0.05) is 31.5 Å². The van der Waals surface area contributed by atoms with Gasteiger partial charge in [-0.2, -0.15) is 0 Å². The van der Waals surface area contributed by atoms with Gasteiger partial charge in [0.05, 0.1) is 12.9 Å². The van der Waals surface area contributed by atoms with Crippen molar-refractivity contribution in [3.8, 4) is 0 Å². The van der Waals surface area contributed by atoms with Gasteiger partial charge in [0.15, 0.2) is 22.8 Å². The van der Waals surface area contributed by atoms with E-state index in [2.05, 4.69) is 62.6 Å². The number of nitrogen functional groups attached to an aromatic ring is 1. The summed E-state index contributed by atoms with van der Waals surface area (Å²) in [5, 5.41) is 21.4. The minimum absolute atomic E-state index is 0.0847. The van der Waals surface area contributed by atoms with Crippen molar-refractivity contribution in [1.82, 2.24) is 19.5 Å². The summed E-state index contributed by atoms with van der Waals surface area (Å²) in [6.45, 7) is 1.13. The number of rotatable bonds is 13. The lowest BCUT2D eigenvalue weighted by atomic mass is 10.1. The Morgan fingerprint density at radius 1 is 1.15 bits per heavy atom. The van der Waals surface area contributed by atoms with Crippen molar-refractivity contribution in [2.75, 3.05) is 18.1 Å². The van der Waals surface area contributed by atoms with E-state index in [1.54, 1.807) is 0 Å². The van der Waals surface area contributed by atoms with Gasteiger partial charge in [-0.3, -0.25) is 18.2 Å². The maximum Gasteiger partial charge on any atom is 0.479 e. The first-order valence-corrected chi connectivity index (χ1v) is 18.3. The molecule has 0 radical (unpaired) electrons. The van der Waals surface area contributed by atoms with Crippen LogP contribution in [0.3, 0.4) is 0 Å². The van der Waals surface area contributed by atoms with Gasteiger partial charge < -0.3 is 40.3 Å². The Labute approximate surface area is 242 Å². The first-order valence-electron chi connectivity index (χ1n) is 11.0. The number of phosphoric ester groups is 1. The molecule has 3 heterocycles. The Morgan fingerprint density at radius 3 is 2.44 bits per heavy atom. The summed E-state index contributed by atoms with van der Waals surface area (Å²) in [5.74, 6) is 0.832. The van der Waals surface area contributed by atoms with Crippen molar-refractivity contribution in [3.05, 3.63) is 6.33 Å². The van der Waals surface area contributed by atoms with E-state index in [0.29, 0.717) is 5.16 Å². The number of ether oxygens (including phenoxy) is 1. The van der Waals surface area contributed by atoms with Crippen LogP contribution in [0.4, 0.5) is 5.82 Å². The number of imidazole rings is 1. The zero-order chi connectivity index (χ0) is 29.4. The predicted octanol–water partition coefficient (Wildman–Crippen LogP) is 2.21. The molecular formula is C16H26Br2N5O12P3S. The van der Waals surface area contributed by atoms with E-state index < -0.39 is 56.9 Å². The fourth-order valence-electron chi connectivity index (χ4n) is 3.33. The van der Waals surface area contributed by atoms with Crippen molar-refractivity contribution in [2.24, 2.45) is 0 Å². The van der Waals surface area contributed by atoms with Crippen molar-refractivity contribution in [2.45, 2.75) is 58.6 Å². The average molecular weight is 765 g/mol. The molecule has 0 aromatic carbocycles. The molecule has 2 aromatic rings. The summed E-state index contributed by atoms with van der Waals surface area (Å²) in [6.07, 6.45) is -1.80. The molecule has 1 saturated heterocycles. The van der Waals surface area contributed by atoms with Crippen molar-refractivity contribution < 1.29 is 57.1 Å². The lowest BCUT2D eigenvalue weighted by Gasteiger charge is -2.27. The molecule has 23 heteroatoms. The Kier molecular flexibility index (Phi) is 10.9. The summed E-state index contributed by atoms with van der Waals surface area (Å²) in [4.78, 5) is 51.0. The fourth-order valence-corrected chi connectivity index (χ4v) is 9.02. The Morgan fingerprint density at radius 2 is 1.82 bits per heavy atom. The van der Waals surface area contributed by atoms with Crippen LogP contribution in [0, 0.1) is 0 Å². The Balaban J connectivity index is 1.74. The molecule has 0 aliphatic carbocycles. The van der Waals surface area contributed by atoms with Crippen LogP contribution in [0.2, 0.25) is 0 Å². The molecule has 1 aliphatic heterocycles. The van der Waals surface area contributed by atoms with Crippen LogP contribution in [0.1, 0.15) is 32.4 Å². The highest BCUT2D eigenvalue weighted by molar-refractivity contribution is 9.29. The molecule has 6 atom stereocenters. The van der Waals surface area contributed by atoms with Gasteiger partial charge in [-0.15, -0.1) is 0 Å². The predicted molar refractivity (Wildman–Crippen MR) is 145 cm³/mol. The number of phosphoric acid groups is 1. The van der Waals surface area contributed by atoms with E-state index in [-0.39, 0.29) is 17.0 Å². The second-order valence-corrected chi connectivity index (χ2v) is 20.9. The number of anilines is 1. The lowest BCUT2D eigenvalue weighted by Crippen LogP contribution is -2.33. The maximum atomic E-state index is 12.3. The van der Waals surface area contributed by atoms with E-state index in [4.69, 9.17) is 10.5 Å². The molecule has 39 heavy (non-hydrogen) atoms. The number of hydrogen-bond acceptors (Lipinski definition) is 13. The normalized spacial score (nSPS) is 25.6. The van der Waals surface area contributed by atoms with Crippen molar-refractivity contribution >= 4 is 83.6 Å². The minimum atomic E-state index is -5.59. The quantitative estimate of drug-likeness (QED) is 0.0506. The smallest absolute Gasteiger partial charge is 0.387 e. The molecule has 1 fully saturated rings. The molecule has 17 nitrogen and oxygen atoms in total. The molecule has 8 N–H and O–H groups in total. The van der Waals surface area contributed by atoms with Crippen molar-refractivity contribution in [3.63, 3.8) is 0 Å². The van der Waals surface area contributed by atoms with Crippen LogP contribution >= 0.6 is 66.6 Å². The standard InChI is InChI=1S/C16H26Br2N5O12P3S/c1-2-3-4-5-39-15-21-12(19)9-13(22-15)23(7-20-9)14-11(25)10(24)8(34-14)6-33-38(31,32)35-37(29,30)16(17,18)36(26,27)28/h7-8,10-11,14,24-25H,2-6H2,1H3,(H,29,30)(H,31,32)(H2,19,21,22)(H2,26,27,28)/t8-,10-,11-,14-/m1/s1. The molecule has 222 valence electrons. The summed E-state index contributed by atoms with van der Waals surface area (Å²) in [6, 6.07) is 0. The molecule has 2 aromatic heterocycles. The van der Waals surface area contributed by atoms with Crippen molar-refractivity contribution in [1.29, 1.82) is 0 Å². The van der Waals surface area contributed by atoms with Crippen LogP contribution < -0.4 is 5.73 Å². The lowest BCUT2D eigenvalue weighted by molar-refractivity contribution is -0.0502. The van der Waals surface area contributed by atoms with Gasteiger partial charge in [-0.05, 0) is 38.3 Å². The monoisotopic (exact) mass is 763 g/mol. The highest BCUT2D eigenvalue weighted by Gasteiger charge is 2.61. The van der Waals surface area contributed by atoms with Gasteiger partial charge in [0.1, 0.15) is 23.8 Å². The third-order valence-corrected chi connectivity index (χ3v) is 16.8. The minimum Gasteiger partial charge on any atom is -0.387 e. The number of nitrogens with zero attached hydrogens (tertiary/aromatic N) is 4. The highest BCUT2D eigenvalue weighted by Crippen LogP contribution is 2.81. The Bertz CT molecular complexity index is 1330. The largest absolute Gasteiger partial charge is 0.479 e. The molecular weight excluding hydrogens is 739 g/mol. The first kappa shape index (κ1) is 33.5. The van der Waals surface area contributed by atoms with E-state index in [1.807, 2.05) is 0 Å². The van der Waals surface area contributed by atoms with Gasteiger partial charge in [-0.25, -0.2) is 23.8 Å². The number of nitrogens with two attached hydrogens (primary N) is 1. The molecule has 1 aliphatic rings. The highest BCUT2D eigenvalue weighted by atomic mass is 79.9. The zero-order valence-corrected chi connectivity index (χ0v) is 26.6. The third-order valence-electron chi connectivity index (χ3n) is 5.32. The second kappa shape index (κ2) is 12.7. The first-order chi connectivity index (χ1) is 17.9. The van der Waals surface area contributed by atoms with Crippen LogP contribution in [0.15, 0.2) is 11.5 Å². The van der Waals surface area contributed by atoms with Crippen LogP contribution in [-0.4, -0.2) is 82.7 Å². The number of aromatic nitrogens is 4. The number of halogens is 2. The summed E-state index contributed by atoms with van der Waals surface area (Å²) in [5.41, 5.74) is 6.41. The number of alkyl halides is 2. The van der Waals surface area contributed by atoms with Gasteiger partial charge >= 0.3 is 23.0 Å². The number of aliphatic hydroxyl groups excluding tert-OH is 2. The van der Waals surface area contributed by atoms with E-state index in [1.165, 1.54) is 22.7 Å².